The molecular formula is C5H12N2OS. The van der Waals surface area contributed by atoms with Crippen molar-refractivity contribution >= 4 is 18.5 Å². The van der Waals surface area contributed by atoms with Crippen LogP contribution >= 0.6 is 12.6 Å². The molecule has 0 radical (unpaired) electrons. The minimum Gasteiger partial charge on any atom is -0.368 e. The monoisotopic (exact) mass is 148 g/mol. The van der Waals surface area contributed by atoms with Crippen LogP contribution in [0.4, 0.5) is 0 Å². The quantitative estimate of drug-likeness (QED) is 0.465. The van der Waals surface area contributed by atoms with Crippen molar-refractivity contribution < 1.29 is 4.79 Å². The second-order valence-electron chi connectivity index (χ2n) is 1.76. The molecule has 1 unspecified atom stereocenters. The molecule has 0 spiro atoms. The van der Waals surface area contributed by atoms with Crippen LogP contribution in [0.2, 0.25) is 0 Å². The minimum atomic E-state index is -0.313. The number of primary amides is 1. The fraction of sp³-hybridized carbons (Fsp3) is 0.800. The first-order valence-electron chi connectivity index (χ1n) is 2.79. The molecule has 54 valence electrons. The highest BCUT2D eigenvalue weighted by molar-refractivity contribution is 7.80. The van der Waals surface area contributed by atoms with Gasteiger partial charge in [0.25, 0.3) is 0 Å². The predicted octanol–water partition coefficient (Wildman–Crippen LogP) is -0.620. The molecule has 0 aromatic carbocycles. The van der Waals surface area contributed by atoms with E-state index in [1.807, 2.05) is 0 Å². The summed E-state index contributed by atoms with van der Waals surface area (Å²) in [5.74, 6) is 0.362. The van der Waals surface area contributed by atoms with E-state index in [1.54, 1.807) is 7.05 Å². The number of carbonyl (C=O) groups is 1. The molecule has 0 bridgehead atoms. The largest absolute Gasteiger partial charge is 0.368 e. The fourth-order valence-corrected chi connectivity index (χ4v) is 0.816. The lowest BCUT2D eigenvalue weighted by Gasteiger charge is -2.08. The van der Waals surface area contributed by atoms with Gasteiger partial charge in [0.2, 0.25) is 5.91 Å². The van der Waals surface area contributed by atoms with Crippen LogP contribution in [-0.4, -0.2) is 24.7 Å². The number of amides is 1. The molecule has 0 saturated heterocycles. The van der Waals surface area contributed by atoms with E-state index < -0.39 is 0 Å². The van der Waals surface area contributed by atoms with Gasteiger partial charge in [0.05, 0.1) is 6.04 Å². The van der Waals surface area contributed by atoms with Crippen LogP contribution < -0.4 is 11.1 Å². The summed E-state index contributed by atoms with van der Waals surface area (Å²) < 4.78 is 0. The number of carbonyl (C=O) groups excluding carboxylic acids is 1. The average Bonchev–Trinajstić information content (AvgIpc) is 1.82. The molecule has 0 aromatic heterocycles. The Balaban J connectivity index is 3.54. The second kappa shape index (κ2) is 4.64. The van der Waals surface area contributed by atoms with E-state index in [0.29, 0.717) is 12.2 Å². The third kappa shape index (κ3) is 3.37. The number of nitrogens with two attached hydrogens (primary N) is 1. The molecular weight excluding hydrogens is 136 g/mol. The van der Waals surface area contributed by atoms with Crippen molar-refractivity contribution in [2.24, 2.45) is 5.73 Å². The zero-order chi connectivity index (χ0) is 7.28. The number of thiol groups is 1. The Kier molecular flexibility index (Phi) is 4.53. The van der Waals surface area contributed by atoms with Crippen LogP contribution in [-0.2, 0) is 4.79 Å². The second-order valence-corrected chi connectivity index (χ2v) is 2.20. The van der Waals surface area contributed by atoms with E-state index in [4.69, 9.17) is 5.73 Å². The maximum Gasteiger partial charge on any atom is 0.234 e. The molecule has 0 aliphatic rings. The Morgan fingerprint density at radius 1 is 1.89 bits per heavy atom. The summed E-state index contributed by atoms with van der Waals surface area (Å²) in [5, 5.41) is 2.78. The van der Waals surface area contributed by atoms with Gasteiger partial charge in [0.1, 0.15) is 0 Å². The molecule has 0 heterocycles. The highest BCUT2D eigenvalue weighted by Crippen LogP contribution is 1.90. The summed E-state index contributed by atoms with van der Waals surface area (Å²) in [7, 11) is 1.71. The van der Waals surface area contributed by atoms with E-state index in [2.05, 4.69) is 17.9 Å². The van der Waals surface area contributed by atoms with E-state index in [9.17, 15) is 4.79 Å². The Hall–Kier alpha value is -0.220. The number of likely N-dealkylation sites (N-methyl/N-ethyl adjacent to an activating group) is 1. The maximum atomic E-state index is 10.4. The van der Waals surface area contributed by atoms with Crippen LogP contribution in [0.5, 0.6) is 0 Å². The van der Waals surface area contributed by atoms with Crippen LogP contribution in [0.1, 0.15) is 6.42 Å². The van der Waals surface area contributed by atoms with Gasteiger partial charge in [-0.2, -0.15) is 12.6 Å². The van der Waals surface area contributed by atoms with E-state index in [-0.39, 0.29) is 11.9 Å². The molecule has 0 saturated carbocycles. The molecule has 1 atom stereocenters. The normalized spacial score (nSPS) is 13.1. The van der Waals surface area contributed by atoms with Crippen LogP contribution in [0.3, 0.4) is 0 Å². The lowest BCUT2D eigenvalue weighted by Crippen LogP contribution is -2.39. The number of nitrogens with one attached hydrogen (secondary N) is 1. The lowest BCUT2D eigenvalue weighted by atomic mass is 10.2. The molecule has 0 rings (SSSR count). The molecule has 0 aliphatic carbocycles. The number of hydrogen-bond donors (Lipinski definition) is 3. The van der Waals surface area contributed by atoms with Gasteiger partial charge in [-0.15, -0.1) is 0 Å². The van der Waals surface area contributed by atoms with Gasteiger partial charge in [-0.25, -0.2) is 0 Å². The Bertz CT molecular complexity index is 97.0. The van der Waals surface area contributed by atoms with Gasteiger partial charge < -0.3 is 11.1 Å². The van der Waals surface area contributed by atoms with Crippen molar-refractivity contribution in [2.45, 2.75) is 12.5 Å². The van der Waals surface area contributed by atoms with Gasteiger partial charge >= 0.3 is 0 Å². The summed E-state index contributed by atoms with van der Waals surface area (Å²) in [4.78, 5) is 10.4. The summed E-state index contributed by atoms with van der Waals surface area (Å²) in [5.41, 5.74) is 5.00. The van der Waals surface area contributed by atoms with Crippen molar-refractivity contribution in [3.05, 3.63) is 0 Å². The Morgan fingerprint density at radius 3 is 2.56 bits per heavy atom. The molecule has 1 amide bonds. The molecule has 9 heavy (non-hydrogen) atoms. The Morgan fingerprint density at radius 2 is 2.44 bits per heavy atom. The standard InChI is InChI=1S/C5H12N2OS/c1-7-4(2-3-9)5(6)8/h4,7,9H,2-3H2,1H3,(H2,6,8). The van der Waals surface area contributed by atoms with Crippen LogP contribution in [0, 0.1) is 0 Å². The first-order chi connectivity index (χ1) is 4.22. The van der Waals surface area contributed by atoms with Crippen molar-refractivity contribution in [2.75, 3.05) is 12.8 Å². The van der Waals surface area contributed by atoms with E-state index in [1.165, 1.54) is 0 Å². The highest BCUT2D eigenvalue weighted by atomic mass is 32.1. The SMILES string of the molecule is CNC(CCS)C(N)=O. The topological polar surface area (TPSA) is 55.1 Å². The summed E-state index contributed by atoms with van der Waals surface area (Å²) in [6.45, 7) is 0. The van der Waals surface area contributed by atoms with Crippen molar-refractivity contribution in [1.82, 2.24) is 5.32 Å². The third-order valence-corrected chi connectivity index (χ3v) is 1.37. The summed E-state index contributed by atoms with van der Waals surface area (Å²) in [6.07, 6.45) is 0.689. The zero-order valence-corrected chi connectivity index (χ0v) is 6.32. The third-order valence-electron chi connectivity index (χ3n) is 1.11. The van der Waals surface area contributed by atoms with Gasteiger partial charge in [0.15, 0.2) is 0 Å². The Labute approximate surface area is 60.4 Å². The van der Waals surface area contributed by atoms with Crippen LogP contribution in [0.25, 0.3) is 0 Å². The highest BCUT2D eigenvalue weighted by Gasteiger charge is 2.09. The average molecular weight is 148 g/mol. The molecule has 3 N–H and O–H groups in total. The molecule has 0 aromatic rings. The number of rotatable bonds is 4. The summed E-state index contributed by atoms with van der Waals surface area (Å²) >= 11 is 3.96. The van der Waals surface area contributed by atoms with Gasteiger partial charge in [-0.05, 0) is 19.2 Å². The number of hydrogen-bond acceptors (Lipinski definition) is 3. The predicted molar refractivity (Wildman–Crippen MR) is 40.5 cm³/mol. The van der Waals surface area contributed by atoms with E-state index in [0.717, 1.165) is 0 Å². The lowest BCUT2D eigenvalue weighted by molar-refractivity contribution is -0.119. The van der Waals surface area contributed by atoms with Gasteiger partial charge in [-0.3, -0.25) is 4.79 Å². The van der Waals surface area contributed by atoms with Gasteiger partial charge in [-0.1, -0.05) is 0 Å². The molecule has 0 fully saturated rings. The minimum absolute atomic E-state index is 0.220. The maximum absolute atomic E-state index is 10.4. The first kappa shape index (κ1) is 8.78. The van der Waals surface area contributed by atoms with Crippen molar-refractivity contribution in [1.29, 1.82) is 0 Å². The van der Waals surface area contributed by atoms with Crippen LogP contribution in [0.15, 0.2) is 0 Å². The molecule has 0 aliphatic heterocycles. The summed E-state index contributed by atoms with van der Waals surface area (Å²) in [6, 6.07) is -0.220. The van der Waals surface area contributed by atoms with Gasteiger partial charge in [0, 0.05) is 0 Å². The fourth-order valence-electron chi connectivity index (χ4n) is 0.558. The first-order valence-corrected chi connectivity index (χ1v) is 3.43. The van der Waals surface area contributed by atoms with Crippen molar-refractivity contribution in [3.63, 3.8) is 0 Å². The van der Waals surface area contributed by atoms with Crippen molar-refractivity contribution in [3.8, 4) is 0 Å². The van der Waals surface area contributed by atoms with E-state index >= 15 is 0 Å². The smallest absolute Gasteiger partial charge is 0.234 e. The molecule has 3 nitrogen and oxygen atoms in total. The molecule has 4 heteroatoms. The zero-order valence-electron chi connectivity index (χ0n) is 5.42.